The van der Waals surface area contributed by atoms with Crippen LogP contribution in [0.5, 0.6) is 0 Å². The highest BCUT2D eigenvalue weighted by Gasteiger charge is 2.43. The first kappa shape index (κ1) is 17.6. The monoisotopic (exact) mass is 374 g/mol. The van der Waals surface area contributed by atoms with Crippen LogP contribution in [-0.2, 0) is 4.79 Å². The zero-order valence-corrected chi connectivity index (χ0v) is 15.0. The van der Waals surface area contributed by atoms with E-state index in [2.05, 4.69) is 22.5 Å². The van der Waals surface area contributed by atoms with Gasteiger partial charge in [-0.25, -0.2) is 9.59 Å². The van der Waals surface area contributed by atoms with Crippen molar-refractivity contribution in [3.63, 3.8) is 0 Å². The molecule has 0 saturated carbocycles. The van der Waals surface area contributed by atoms with Gasteiger partial charge in [-0.1, -0.05) is 42.2 Å². The van der Waals surface area contributed by atoms with Crippen molar-refractivity contribution in [1.82, 2.24) is 15.1 Å². The average molecular weight is 374 g/mol. The molecule has 0 aromatic heterocycles. The molecule has 0 bridgehead atoms. The van der Waals surface area contributed by atoms with Gasteiger partial charge in [0.05, 0.1) is 12.2 Å². The van der Waals surface area contributed by atoms with Crippen molar-refractivity contribution in [2.24, 2.45) is 0 Å². The van der Waals surface area contributed by atoms with Crippen LogP contribution in [-0.4, -0.2) is 53.4 Å². The second kappa shape index (κ2) is 7.45. The van der Waals surface area contributed by atoms with Crippen molar-refractivity contribution in [3.8, 4) is 11.8 Å². The number of carbonyl (C=O) groups excluding carboxylic acids is 3. The molecule has 2 N–H and O–H groups in total. The Morgan fingerprint density at radius 3 is 2.57 bits per heavy atom. The highest BCUT2D eigenvalue weighted by Crippen LogP contribution is 2.18. The lowest BCUT2D eigenvalue weighted by molar-refractivity contribution is -0.122. The predicted octanol–water partition coefficient (Wildman–Crippen LogP) is 1.85. The fourth-order valence-electron chi connectivity index (χ4n) is 3.25. The van der Waals surface area contributed by atoms with E-state index >= 15 is 0 Å². The number of benzene rings is 2. The maximum Gasteiger partial charge on any atom is 0.324 e. The molecule has 1 atom stereocenters. The summed E-state index contributed by atoms with van der Waals surface area (Å²) in [7, 11) is 0. The maximum atomic E-state index is 12.7. The first-order chi connectivity index (χ1) is 13.6. The van der Waals surface area contributed by atoms with Crippen molar-refractivity contribution in [1.29, 1.82) is 0 Å². The summed E-state index contributed by atoms with van der Waals surface area (Å²) < 4.78 is 0. The highest BCUT2D eigenvalue weighted by atomic mass is 16.2. The molecule has 7 heteroatoms. The number of para-hydroxylation sites is 1. The van der Waals surface area contributed by atoms with Crippen LogP contribution in [0.4, 0.5) is 15.3 Å². The van der Waals surface area contributed by atoms with Crippen LogP contribution in [0.3, 0.4) is 0 Å². The third-order valence-corrected chi connectivity index (χ3v) is 4.75. The number of carbonyl (C=O) groups is 3. The van der Waals surface area contributed by atoms with Gasteiger partial charge in [0.1, 0.15) is 6.04 Å². The SMILES string of the molecule is O=C1NC(=O)N2CCN(C(=O)Nc3ccccc3C#Cc3ccccc3)CC12. The number of piperazine rings is 1. The number of rotatable bonds is 1. The second-order valence-electron chi connectivity index (χ2n) is 6.54. The van der Waals surface area contributed by atoms with Crippen LogP contribution < -0.4 is 10.6 Å². The normalized spacial score (nSPS) is 18.1. The summed E-state index contributed by atoms with van der Waals surface area (Å²) in [6.07, 6.45) is 0. The van der Waals surface area contributed by atoms with E-state index in [-0.39, 0.29) is 18.5 Å². The minimum Gasteiger partial charge on any atom is -0.320 e. The molecule has 0 spiro atoms. The van der Waals surface area contributed by atoms with Gasteiger partial charge in [0, 0.05) is 24.2 Å². The van der Waals surface area contributed by atoms with Crippen LogP contribution >= 0.6 is 0 Å². The Morgan fingerprint density at radius 2 is 1.75 bits per heavy atom. The van der Waals surface area contributed by atoms with Crippen molar-refractivity contribution in [2.45, 2.75) is 6.04 Å². The minimum atomic E-state index is -0.625. The van der Waals surface area contributed by atoms with E-state index in [0.29, 0.717) is 24.3 Å². The largest absolute Gasteiger partial charge is 0.324 e. The molecule has 28 heavy (non-hydrogen) atoms. The first-order valence-corrected chi connectivity index (χ1v) is 8.95. The summed E-state index contributed by atoms with van der Waals surface area (Å²) in [5, 5.41) is 5.15. The minimum absolute atomic E-state index is 0.168. The Bertz CT molecular complexity index is 993. The summed E-state index contributed by atoms with van der Waals surface area (Å²) in [6.45, 7) is 0.854. The van der Waals surface area contributed by atoms with Gasteiger partial charge in [-0.15, -0.1) is 0 Å². The van der Waals surface area contributed by atoms with E-state index in [1.54, 1.807) is 11.0 Å². The Hall–Kier alpha value is -3.79. The van der Waals surface area contributed by atoms with Gasteiger partial charge in [-0.2, -0.15) is 0 Å². The van der Waals surface area contributed by atoms with E-state index in [9.17, 15) is 14.4 Å². The number of nitrogens with zero attached hydrogens (tertiary/aromatic N) is 2. The van der Waals surface area contributed by atoms with Crippen molar-refractivity contribution in [2.75, 3.05) is 25.0 Å². The first-order valence-electron chi connectivity index (χ1n) is 8.95. The zero-order chi connectivity index (χ0) is 19.5. The van der Waals surface area contributed by atoms with Gasteiger partial charge in [-0.3, -0.25) is 10.1 Å². The lowest BCUT2D eigenvalue weighted by Crippen LogP contribution is -2.55. The molecule has 2 aromatic rings. The number of imide groups is 1. The van der Waals surface area contributed by atoms with Gasteiger partial charge in [0.2, 0.25) is 0 Å². The van der Waals surface area contributed by atoms with E-state index in [1.165, 1.54) is 4.90 Å². The van der Waals surface area contributed by atoms with E-state index in [4.69, 9.17) is 0 Å². The summed E-state index contributed by atoms with van der Waals surface area (Å²) in [4.78, 5) is 39.3. The third-order valence-electron chi connectivity index (χ3n) is 4.75. The van der Waals surface area contributed by atoms with E-state index < -0.39 is 12.1 Å². The molecule has 2 heterocycles. The second-order valence-corrected chi connectivity index (χ2v) is 6.54. The molecule has 4 rings (SSSR count). The Morgan fingerprint density at radius 1 is 1.00 bits per heavy atom. The van der Waals surface area contributed by atoms with Crippen molar-refractivity contribution < 1.29 is 14.4 Å². The van der Waals surface area contributed by atoms with Crippen LogP contribution in [0.25, 0.3) is 0 Å². The van der Waals surface area contributed by atoms with Crippen molar-refractivity contribution in [3.05, 3.63) is 65.7 Å². The van der Waals surface area contributed by atoms with Crippen molar-refractivity contribution >= 4 is 23.7 Å². The number of nitrogens with one attached hydrogen (secondary N) is 2. The highest BCUT2D eigenvalue weighted by molar-refractivity contribution is 6.05. The Labute approximate surface area is 162 Å². The number of anilines is 1. The zero-order valence-electron chi connectivity index (χ0n) is 15.0. The van der Waals surface area contributed by atoms with Gasteiger partial charge >= 0.3 is 12.1 Å². The van der Waals surface area contributed by atoms with Gasteiger partial charge in [0.15, 0.2) is 0 Å². The van der Waals surface area contributed by atoms with Crippen LogP contribution in [0, 0.1) is 11.8 Å². The summed E-state index contributed by atoms with van der Waals surface area (Å²) >= 11 is 0. The van der Waals surface area contributed by atoms with Gasteiger partial charge < -0.3 is 15.1 Å². The number of urea groups is 2. The van der Waals surface area contributed by atoms with Crippen LogP contribution in [0.15, 0.2) is 54.6 Å². The molecular formula is C21H18N4O3. The third kappa shape index (κ3) is 3.53. The predicted molar refractivity (Wildman–Crippen MR) is 103 cm³/mol. The molecule has 2 fully saturated rings. The molecule has 7 nitrogen and oxygen atoms in total. The maximum absolute atomic E-state index is 12.7. The molecule has 2 aliphatic rings. The lowest BCUT2D eigenvalue weighted by Gasteiger charge is -2.35. The standard InChI is InChI=1S/C21H18N4O3/c26-19-18-14-24(12-13-25(18)21(28)23-19)20(27)22-17-9-5-4-8-16(17)11-10-15-6-2-1-3-7-15/h1-9,18H,12-14H2,(H,22,27)(H,23,26,28). The van der Waals surface area contributed by atoms with E-state index in [0.717, 1.165) is 5.56 Å². The van der Waals surface area contributed by atoms with Crippen LogP contribution in [0.1, 0.15) is 11.1 Å². The topological polar surface area (TPSA) is 81.8 Å². The van der Waals surface area contributed by atoms with Gasteiger partial charge in [-0.05, 0) is 24.3 Å². The molecule has 2 saturated heterocycles. The summed E-state index contributed by atoms with van der Waals surface area (Å²) in [5.41, 5.74) is 2.19. The number of amides is 5. The number of hydrogen-bond acceptors (Lipinski definition) is 3. The Balaban J connectivity index is 1.48. The van der Waals surface area contributed by atoms with E-state index in [1.807, 2.05) is 48.5 Å². The smallest absolute Gasteiger partial charge is 0.320 e. The molecule has 5 amide bonds. The summed E-state index contributed by atoms with van der Waals surface area (Å²) in [5.74, 6) is 5.81. The average Bonchev–Trinajstić information content (AvgIpc) is 3.01. The molecule has 140 valence electrons. The molecule has 2 aliphatic heterocycles. The lowest BCUT2D eigenvalue weighted by atomic mass is 10.1. The fraction of sp³-hybridized carbons (Fsp3) is 0.190. The number of hydrogen-bond donors (Lipinski definition) is 2. The molecule has 2 aromatic carbocycles. The number of fused-ring (bicyclic) bond motifs is 1. The molecular weight excluding hydrogens is 356 g/mol. The summed E-state index contributed by atoms with van der Waals surface area (Å²) in [6, 6.07) is 15.6. The fourth-order valence-corrected chi connectivity index (χ4v) is 3.25. The molecule has 1 unspecified atom stereocenters. The van der Waals surface area contributed by atoms with Crippen LogP contribution in [0.2, 0.25) is 0 Å². The van der Waals surface area contributed by atoms with Gasteiger partial charge in [0.25, 0.3) is 5.91 Å². The molecule has 0 aliphatic carbocycles. The molecule has 0 radical (unpaired) electrons. The Kier molecular flexibility index (Phi) is 4.68. The quantitative estimate of drug-likeness (QED) is 0.590.